The van der Waals surface area contributed by atoms with Crippen molar-refractivity contribution >= 4 is 43.8 Å². The molecule has 0 atom stereocenters. The van der Waals surface area contributed by atoms with Crippen LogP contribution >= 0.6 is 11.6 Å². The highest BCUT2D eigenvalue weighted by Gasteiger charge is 2.10. The molecular weight excluding hydrogens is 436 g/mol. The predicted octanol–water partition coefficient (Wildman–Crippen LogP) is 4.64. The number of rotatable bonds is 6. The van der Waals surface area contributed by atoms with Crippen molar-refractivity contribution in [1.29, 1.82) is 0 Å². The highest BCUT2D eigenvalue weighted by atomic mass is 35.5. The van der Waals surface area contributed by atoms with E-state index >= 15 is 0 Å². The summed E-state index contributed by atoms with van der Waals surface area (Å²) in [4.78, 5) is 12.9. The van der Waals surface area contributed by atoms with Crippen LogP contribution in [-0.4, -0.2) is 36.7 Å². The van der Waals surface area contributed by atoms with E-state index in [1.54, 1.807) is 31.6 Å². The molecule has 2 aromatic heterocycles. The van der Waals surface area contributed by atoms with Gasteiger partial charge in [0, 0.05) is 35.3 Å². The van der Waals surface area contributed by atoms with Crippen molar-refractivity contribution in [2.24, 2.45) is 0 Å². The summed E-state index contributed by atoms with van der Waals surface area (Å²) in [5.41, 5.74) is 3.84. The van der Waals surface area contributed by atoms with Crippen molar-refractivity contribution in [2.75, 3.05) is 18.7 Å². The summed E-state index contributed by atoms with van der Waals surface area (Å²) in [5.74, 6) is 1.15. The van der Waals surface area contributed by atoms with E-state index in [1.807, 2.05) is 30.3 Å². The molecule has 4 aromatic rings. The fourth-order valence-electron chi connectivity index (χ4n) is 3.24. The van der Waals surface area contributed by atoms with Crippen molar-refractivity contribution in [2.45, 2.75) is 5.75 Å². The Morgan fingerprint density at radius 3 is 2.61 bits per heavy atom. The average Bonchev–Trinajstić information content (AvgIpc) is 2.73. The SMILES string of the molecule is COc1ccc(Nc2ncnc3ccc(-c4cncc(CS(C)(=O)=O)c4)cc23)cc1Cl. The summed E-state index contributed by atoms with van der Waals surface area (Å²) in [7, 11) is -1.59. The first-order chi connectivity index (χ1) is 14.8. The fourth-order valence-corrected chi connectivity index (χ4v) is 4.26. The van der Waals surface area contributed by atoms with Crippen LogP contribution < -0.4 is 10.1 Å². The number of hydrogen-bond donors (Lipinski definition) is 1. The van der Waals surface area contributed by atoms with E-state index < -0.39 is 9.84 Å². The van der Waals surface area contributed by atoms with Gasteiger partial charge in [-0.1, -0.05) is 17.7 Å². The third-order valence-corrected chi connectivity index (χ3v) is 5.76. The highest BCUT2D eigenvalue weighted by Crippen LogP contribution is 2.31. The lowest BCUT2D eigenvalue weighted by atomic mass is 10.0. The van der Waals surface area contributed by atoms with Crippen molar-refractivity contribution in [1.82, 2.24) is 15.0 Å². The van der Waals surface area contributed by atoms with E-state index in [1.165, 1.54) is 12.6 Å². The molecule has 0 aliphatic carbocycles. The van der Waals surface area contributed by atoms with Gasteiger partial charge in [0.25, 0.3) is 0 Å². The Bertz CT molecular complexity index is 1380. The number of nitrogens with zero attached hydrogens (tertiary/aromatic N) is 3. The van der Waals surface area contributed by atoms with Crippen molar-refractivity contribution in [3.05, 3.63) is 71.8 Å². The van der Waals surface area contributed by atoms with Gasteiger partial charge in [-0.05, 0) is 47.5 Å². The third-order valence-electron chi connectivity index (χ3n) is 4.61. The van der Waals surface area contributed by atoms with Gasteiger partial charge >= 0.3 is 0 Å². The Labute approximate surface area is 185 Å². The minimum atomic E-state index is -3.15. The first-order valence-corrected chi connectivity index (χ1v) is 11.7. The van der Waals surface area contributed by atoms with Gasteiger partial charge in [0.05, 0.1) is 23.4 Å². The molecule has 0 amide bonds. The number of nitrogens with one attached hydrogen (secondary N) is 1. The van der Waals surface area contributed by atoms with Gasteiger partial charge in [-0.15, -0.1) is 0 Å². The Morgan fingerprint density at radius 2 is 1.87 bits per heavy atom. The molecule has 9 heteroatoms. The molecule has 0 saturated heterocycles. The molecular formula is C22H19ClN4O3S. The highest BCUT2D eigenvalue weighted by molar-refractivity contribution is 7.89. The second-order valence-electron chi connectivity index (χ2n) is 7.08. The van der Waals surface area contributed by atoms with Crippen molar-refractivity contribution in [3.63, 3.8) is 0 Å². The van der Waals surface area contributed by atoms with Gasteiger partial charge in [-0.3, -0.25) is 4.98 Å². The van der Waals surface area contributed by atoms with E-state index in [2.05, 4.69) is 20.3 Å². The Hall–Kier alpha value is -3.23. The zero-order chi connectivity index (χ0) is 22.0. The van der Waals surface area contributed by atoms with E-state index in [9.17, 15) is 8.42 Å². The number of pyridine rings is 1. The monoisotopic (exact) mass is 454 g/mol. The lowest BCUT2D eigenvalue weighted by molar-refractivity contribution is 0.415. The second-order valence-corrected chi connectivity index (χ2v) is 9.63. The van der Waals surface area contributed by atoms with Crippen LogP contribution in [0, 0.1) is 0 Å². The molecule has 2 heterocycles. The molecule has 0 saturated carbocycles. The molecule has 7 nitrogen and oxygen atoms in total. The lowest BCUT2D eigenvalue weighted by Gasteiger charge is -2.11. The van der Waals surface area contributed by atoms with Crippen LogP contribution in [-0.2, 0) is 15.6 Å². The second kappa shape index (κ2) is 8.49. The van der Waals surface area contributed by atoms with Gasteiger partial charge in [0.2, 0.25) is 0 Å². The maximum absolute atomic E-state index is 11.6. The number of aromatic nitrogens is 3. The topological polar surface area (TPSA) is 94.1 Å². The maximum atomic E-state index is 11.6. The quantitative estimate of drug-likeness (QED) is 0.453. The van der Waals surface area contributed by atoms with Crippen LogP contribution in [0.25, 0.3) is 22.0 Å². The molecule has 158 valence electrons. The van der Waals surface area contributed by atoms with Gasteiger partial charge in [0.15, 0.2) is 9.84 Å². The molecule has 2 aromatic carbocycles. The number of methoxy groups -OCH3 is 1. The Balaban J connectivity index is 1.73. The number of anilines is 2. The molecule has 0 radical (unpaired) electrons. The number of halogens is 1. The molecule has 0 fully saturated rings. The fraction of sp³-hybridized carbons (Fsp3) is 0.136. The molecule has 1 N–H and O–H groups in total. The van der Waals surface area contributed by atoms with Crippen LogP contribution in [0.4, 0.5) is 11.5 Å². The standard InChI is InChI=1S/C22H19ClN4O3S/c1-30-21-6-4-17(9-19(21)23)27-22-18-8-15(3-5-20(18)25-13-26-22)16-7-14(10-24-11-16)12-31(2,28)29/h3-11,13H,12H2,1-2H3,(H,25,26,27). The molecule has 4 rings (SSSR count). The Kier molecular flexibility index (Phi) is 5.75. The van der Waals surface area contributed by atoms with Gasteiger partial charge in [-0.25, -0.2) is 18.4 Å². The first-order valence-electron chi connectivity index (χ1n) is 9.30. The van der Waals surface area contributed by atoms with Gasteiger partial charge in [-0.2, -0.15) is 0 Å². The summed E-state index contributed by atoms with van der Waals surface area (Å²) in [5, 5.41) is 4.57. The van der Waals surface area contributed by atoms with Crippen LogP contribution in [0.2, 0.25) is 5.02 Å². The molecule has 0 unspecified atom stereocenters. The number of fused-ring (bicyclic) bond motifs is 1. The average molecular weight is 455 g/mol. The van der Waals surface area contributed by atoms with Crippen LogP contribution in [0.15, 0.2) is 61.2 Å². The number of benzene rings is 2. The van der Waals surface area contributed by atoms with Crippen LogP contribution in [0.3, 0.4) is 0 Å². The largest absolute Gasteiger partial charge is 0.495 e. The normalized spacial score (nSPS) is 11.5. The van der Waals surface area contributed by atoms with E-state index in [0.29, 0.717) is 22.2 Å². The van der Waals surface area contributed by atoms with Crippen molar-refractivity contribution < 1.29 is 13.2 Å². The van der Waals surface area contributed by atoms with E-state index in [4.69, 9.17) is 16.3 Å². The van der Waals surface area contributed by atoms with E-state index in [-0.39, 0.29) is 5.75 Å². The Morgan fingerprint density at radius 1 is 1.03 bits per heavy atom. The number of sulfone groups is 1. The number of ether oxygens (including phenoxy) is 1. The van der Waals surface area contributed by atoms with Gasteiger partial charge in [0.1, 0.15) is 17.9 Å². The number of hydrogen-bond acceptors (Lipinski definition) is 7. The molecule has 31 heavy (non-hydrogen) atoms. The maximum Gasteiger partial charge on any atom is 0.151 e. The minimum Gasteiger partial charge on any atom is -0.495 e. The van der Waals surface area contributed by atoms with Crippen LogP contribution in [0.5, 0.6) is 5.75 Å². The predicted molar refractivity (Wildman–Crippen MR) is 123 cm³/mol. The summed E-state index contributed by atoms with van der Waals surface area (Å²) >= 11 is 6.23. The lowest BCUT2D eigenvalue weighted by Crippen LogP contribution is -2.01. The summed E-state index contributed by atoms with van der Waals surface area (Å²) in [6, 6.07) is 13.0. The molecule has 0 bridgehead atoms. The van der Waals surface area contributed by atoms with Gasteiger partial charge < -0.3 is 10.1 Å². The van der Waals surface area contributed by atoms with E-state index in [0.717, 1.165) is 27.7 Å². The van der Waals surface area contributed by atoms with Crippen molar-refractivity contribution in [3.8, 4) is 16.9 Å². The summed E-state index contributed by atoms with van der Waals surface area (Å²) in [6.07, 6.45) is 5.96. The van der Waals surface area contributed by atoms with Crippen LogP contribution in [0.1, 0.15) is 5.56 Å². The smallest absolute Gasteiger partial charge is 0.151 e. The summed E-state index contributed by atoms with van der Waals surface area (Å²) < 4.78 is 28.5. The third kappa shape index (κ3) is 4.92. The zero-order valence-electron chi connectivity index (χ0n) is 16.8. The minimum absolute atomic E-state index is 0.0600. The summed E-state index contributed by atoms with van der Waals surface area (Å²) in [6.45, 7) is 0. The molecule has 0 aliphatic rings. The molecule has 0 aliphatic heterocycles. The zero-order valence-corrected chi connectivity index (χ0v) is 18.4. The first kappa shape index (κ1) is 21.0. The molecule has 0 spiro atoms.